The van der Waals surface area contributed by atoms with Crippen LogP contribution in [0.1, 0.15) is 85.5 Å². The molecule has 128 valence electrons. The standard InChI is InChI=1S/C18H39NO2/c1-5-6-7-8-9-10-11-12-13-14-21-16-17(20)15-19-18(2,3)4/h17,19-20H,5-16H2,1-4H3. The fraction of sp³-hybridized carbons (Fsp3) is 1.00. The third-order valence-corrected chi connectivity index (χ3v) is 3.57. The van der Waals surface area contributed by atoms with E-state index in [1.807, 2.05) is 0 Å². The maximum atomic E-state index is 9.77. The number of hydrogen-bond donors (Lipinski definition) is 2. The molecule has 0 bridgehead atoms. The van der Waals surface area contributed by atoms with Crippen LogP contribution in [0.15, 0.2) is 0 Å². The highest BCUT2D eigenvalue weighted by Gasteiger charge is 2.11. The van der Waals surface area contributed by atoms with Crippen LogP contribution in [-0.4, -0.2) is 36.5 Å². The van der Waals surface area contributed by atoms with Gasteiger partial charge in [0.25, 0.3) is 0 Å². The number of rotatable bonds is 14. The third kappa shape index (κ3) is 17.8. The zero-order valence-corrected chi connectivity index (χ0v) is 14.9. The number of unbranched alkanes of at least 4 members (excludes halogenated alkanes) is 8. The highest BCUT2D eigenvalue weighted by molar-refractivity contribution is 4.72. The van der Waals surface area contributed by atoms with Crippen molar-refractivity contribution in [3.05, 3.63) is 0 Å². The average molecular weight is 302 g/mol. The van der Waals surface area contributed by atoms with Crippen LogP contribution >= 0.6 is 0 Å². The van der Waals surface area contributed by atoms with Gasteiger partial charge in [0.2, 0.25) is 0 Å². The Labute approximate surface area is 132 Å². The molecule has 2 N–H and O–H groups in total. The van der Waals surface area contributed by atoms with Crippen LogP contribution in [0.25, 0.3) is 0 Å². The van der Waals surface area contributed by atoms with Crippen molar-refractivity contribution in [1.29, 1.82) is 0 Å². The van der Waals surface area contributed by atoms with Gasteiger partial charge in [-0.2, -0.15) is 0 Å². The largest absolute Gasteiger partial charge is 0.389 e. The average Bonchev–Trinajstić information content (AvgIpc) is 2.42. The molecule has 0 saturated heterocycles. The quantitative estimate of drug-likeness (QED) is 0.470. The van der Waals surface area contributed by atoms with Gasteiger partial charge < -0.3 is 15.2 Å². The second-order valence-electron chi connectivity index (χ2n) is 7.19. The molecule has 3 nitrogen and oxygen atoms in total. The summed E-state index contributed by atoms with van der Waals surface area (Å²) in [5.74, 6) is 0. The van der Waals surface area contributed by atoms with E-state index in [9.17, 15) is 5.11 Å². The molecule has 0 radical (unpaired) electrons. The maximum absolute atomic E-state index is 9.77. The SMILES string of the molecule is CCCCCCCCCCCOCC(O)CNC(C)(C)C. The smallest absolute Gasteiger partial charge is 0.0897 e. The zero-order chi connectivity index (χ0) is 16.0. The number of hydrogen-bond acceptors (Lipinski definition) is 3. The van der Waals surface area contributed by atoms with Crippen molar-refractivity contribution < 1.29 is 9.84 Å². The van der Waals surface area contributed by atoms with E-state index >= 15 is 0 Å². The first-order valence-electron chi connectivity index (χ1n) is 8.96. The highest BCUT2D eigenvalue weighted by Crippen LogP contribution is 2.09. The molecular formula is C18H39NO2. The fourth-order valence-corrected chi connectivity index (χ4v) is 2.22. The van der Waals surface area contributed by atoms with Crippen molar-refractivity contribution in [2.75, 3.05) is 19.8 Å². The molecule has 1 unspecified atom stereocenters. The summed E-state index contributed by atoms with van der Waals surface area (Å²) in [6.45, 7) is 10.4. The summed E-state index contributed by atoms with van der Waals surface area (Å²) in [5, 5.41) is 13.0. The molecule has 0 saturated carbocycles. The zero-order valence-electron chi connectivity index (χ0n) is 14.9. The Morgan fingerprint density at radius 1 is 0.905 bits per heavy atom. The van der Waals surface area contributed by atoms with E-state index in [-0.39, 0.29) is 5.54 Å². The first-order chi connectivity index (χ1) is 9.95. The Morgan fingerprint density at radius 3 is 1.95 bits per heavy atom. The van der Waals surface area contributed by atoms with Gasteiger partial charge in [-0.25, -0.2) is 0 Å². The van der Waals surface area contributed by atoms with Gasteiger partial charge in [0.15, 0.2) is 0 Å². The van der Waals surface area contributed by atoms with Crippen LogP contribution in [0.3, 0.4) is 0 Å². The molecule has 0 aromatic rings. The highest BCUT2D eigenvalue weighted by atomic mass is 16.5. The Hall–Kier alpha value is -0.120. The summed E-state index contributed by atoms with van der Waals surface area (Å²) in [6.07, 6.45) is 11.6. The van der Waals surface area contributed by atoms with E-state index in [2.05, 4.69) is 33.0 Å². The lowest BCUT2D eigenvalue weighted by molar-refractivity contribution is 0.0326. The van der Waals surface area contributed by atoms with E-state index < -0.39 is 6.10 Å². The molecule has 0 aliphatic carbocycles. The molecular weight excluding hydrogens is 262 g/mol. The van der Waals surface area contributed by atoms with Crippen LogP contribution in [0.5, 0.6) is 0 Å². The molecule has 1 atom stereocenters. The Bertz CT molecular complexity index is 214. The first kappa shape index (κ1) is 20.9. The number of ether oxygens (including phenoxy) is 1. The summed E-state index contributed by atoms with van der Waals surface area (Å²) in [7, 11) is 0. The van der Waals surface area contributed by atoms with E-state index in [1.165, 1.54) is 51.4 Å². The van der Waals surface area contributed by atoms with Crippen molar-refractivity contribution in [3.63, 3.8) is 0 Å². The van der Waals surface area contributed by atoms with E-state index in [1.54, 1.807) is 0 Å². The second-order valence-corrected chi connectivity index (χ2v) is 7.19. The summed E-state index contributed by atoms with van der Waals surface area (Å²) in [5.41, 5.74) is 0.0537. The van der Waals surface area contributed by atoms with Gasteiger partial charge in [-0.15, -0.1) is 0 Å². The summed E-state index contributed by atoms with van der Waals surface area (Å²) in [6, 6.07) is 0. The van der Waals surface area contributed by atoms with Gasteiger partial charge in [-0.3, -0.25) is 0 Å². The van der Waals surface area contributed by atoms with Crippen molar-refractivity contribution in [2.24, 2.45) is 0 Å². The van der Waals surface area contributed by atoms with Gasteiger partial charge in [-0.1, -0.05) is 58.3 Å². The van der Waals surface area contributed by atoms with Gasteiger partial charge in [-0.05, 0) is 27.2 Å². The minimum absolute atomic E-state index is 0.0537. The maximum Gasteiger partial charge on any atom is 0.0897 e. The summed E-state index contributed by atoms with van der Waals surface area (Å²) >= 11 is 0. The molecule has 0 aliphatic heterocycles. The van der Waals surface area contributed by atoms with Crippen LogP contribution in [0, 0.1) is 0 Å². The molecule has 0 aliphatic rings. The molecule has 0 fully saturated rings. The minimum atomic E-state index is -0.400. The van der Waals surface area contributed by atoms with Gasteiger partial charge >= 0.3 is 0 Å². The van der Waals surface area contributed by atoms with Crippen LogP contribution < -0.4 is 5.32 Å². The molecule has 0 spiro atoms. The Kier molecular flexibility index (Phi) is 13.5. The van der Waals surface area contributed by atoms with Gasteiger partial charge in [0, 0.05) is 18.7 Å². The van der Waals surface area contributed by atoms with Crippen LogP contribution in [-0.2, 0) is 4.74 Å². The predicted octanol–water partition coefficient (Wildman–Crippen LogP) is 4.28. The van der Waals surface area contributed by atoms with Gasteiger partial charge in [0.05, 0.1) is 12.7 Å². The molecule has 0 rings (SSSR count). The van der Waals surface area contributed by atoms with E-state index in [4.69, 9.17) is 4.74 Å². The lowest BCUT2D eigenvalue weighted by Gasteiger charge is -2.22. The molecule has 0 amide bonds. The Balaban J connectivity index is 3.18. The summed E-state index contributed by atoms with van der Waals surface area (Å²) in [4.78, 5) is 0. The second kappa shape index (κ2) is 13.5. The summed E-state index contributed by atoms with van der Waals surface area (Å²) < 4.78 is 5.53. The normalized spacial score (nSPS) is 13.6. The van der Waals surface area contributed by atoms with Gasteiger partial charge in [0.1, 0.15) is 0 Å². The van der Waals surface area contributed by atoms with Crippen molar-refractivity contribution in [1.82, 2.24) is 5.32 Å². The lowest BCUT2D eigenvalue weighted by atomic mass is 10.1. The molecule has 0 heterocycles. The van der Waals surface area contributed by atoms with Crippen LogP contribution in [0.2, 0.25) is 0 Å². The van der Waals surface area contributed by atoms with Crippen LogP contribution in [0.4, 0.5) is 0 Å². The van der Waals surface area contributed by atoms with E-state index in [0.29, 0.717) is 13.2 Å². The number of aliphatic hydroxyl groups excluding tert-OH is 1. The van der Waals surface area contributed by atoms with E-state index in [0.717, 1.165) is 13.0 Å². The number of nitrogens with one attached hydrogen (secondary N) is 1. The monoisotopic (exact) mass is 301 g/mol. The topological polar surface area (TPSA) is 41.5 Å². The third-order valence-electron chi connectivity index (χ3n) is 3.57. The van der Waals surface area contributed by atoms with Crippen molar-refractivity contribution in [2.45, 2.75) is 97.1 Å². The Morgan fingerprint density at radius 2 is 1.43 bits per heavy atom. The fourth-order valence-electron chi connectivity index (χ4n) is 2.22. The first-order valence-corrected chi connectivity index (χ1v) is 8.96. The predicted molar refractivity (Wildman–Crippen MR) is 91.8 cm³/mol. The molecule has 21 heavy (non-hydrogen) atoms. The molecule has 0 aromatic carbocycles. The minimum Gasteiger partial charge on any atom is -0.389 e. The van der Waals surface area contributed by atoms with Crippen molar-refractivity contribution >= 4 is 0 Å². The molecule has 0 aromatic heterocycles. The number of β-amino-alcohol motifs (C(OH)–C–C–N with tert-alkyl or cyclic N) is 1. The molecule has 3 heteroatoms. The lowest BCUT2D eigenvalue weighted by Crippen LogP contribution is -2.42. The van der Waals surface area contributed by atoms with Crippen molar-refractivity contribution in [3.8, 4) is 0 Å². The number of aliphatic hydroxyl groups is 1.